The Morgan fingerprint density at radius 3 is 2.50 bits per heavy atom. The van der Waals surface area contributed by atoms with Gasteiger partial charge in [0, 0.05) is 6.54 Å². The molecule has 8 nitrogen and oxygen atoms in total. The summed E-state index contributed by atoms with van der Waals surface area (Å²) in [4.78, 5) is 29.8. The Hall–Kier alpha value is -4.46. The minimum atomic E-state index is -0.691. The van der Waals surface area contributed by atoms with Crippen LogP contribution in [0.3, 0.4) is 0 Å². The Balaban J connectivity index is 1.48. The van der Waals surface area contributed by atoms with Crippen molar-refractivity contribution in [3.63, 3.8) is 0 Å². The Kier molecular flexibility index (Phi) is 7.31. The normalized spacial score (nSPS) is 15.5. The highest BCUT2D eigenvalue weighted by Gasteiger charge is 2.43. The van der Waals surface area contributed by atoms with E-state index in [1.54, 1.807) is 4.90 Å². The minimum Gasteiger partial charge on any atom is -0.490 e. The Bertz CT molecular complexity index is 1740. The molecule has 1 aromatic heterocycles. The van der Waals surface area contributed by atoms with Gasteiger partial charge in [-0.05, 0) is 91.8 Å². The maximum atomic E-state index is 14.1. The molecule has 42 heavy (non-hydrogen) atoms. The number of carbonyl (C=O) groups is 1. The molecule has 0 spiro atoms. The SMILES string of the molecule is CCOc1cc(C2c3c(oc4cc(C)c(C)cc4c3=O)C(=O)N2Cc2ccc3c(c2)OCO3)ccc1OCCC(C)C. The number of nitrogens with zero attached hydrogens (tertiary/aromatic N) is 1. The van der Waals surface area contributed by atoms with Crippen LogP contribution in [0.5, 0.6) is 23.0 Å². The van der Waals surface area contributed by atoms with Crippen LogP contribution >= 0.6 is 0 Å². The van der Waals surface area contributed by atoms with Gasteiger partial charge in [0.05, 0.1) is 30.2 Å². The average Bonchev–Trinajstić information content (AvgIpc) is 3.53. The van der Waals surface area contributed by atoms with Crippen LogP contribution < -0.4 is 24.4 Å². The summed E-state index contributed by atoms with van der Waals surface area (Å²) in [5.74, 6) is 2.71. The van der Waals surface area contributed by atoms with Crippen molar-refractivity contribution in [2.45, 2.75) is 53.6 Å². The molecule has 1 amide bonds. The van der Waals surface area contributed by atoms with Crippen molar-refractivity contribution in [3.8, 4) is 23.0 Å². The lowest BCUT2D eigenvalue weighted by Gasteiger charge is -2.26. The van der Waals surface area contributed by atoms with Crippen LogP contribution in [0.15, 0.2) is 57.7 Å². The topological polar surface area (TPSA) is 87.4 Å². The maximum Gasteiger partial charge on any atom is 0.291 e. The Labute approximate surface area is 244 Å². The zero-order chi connectivity index (χ0) is 29.5. The summed E-state index contributed by atoms with van der Waals surface area (Å²) in [6.45, 7) is 11.5. The first-order valence-corrected chi connectivity index (χ1v) is 14.4. The third-order valence-electron chi connectivity index (χ3n) is 7.91. The first-order chi connectivity index (χ1) is 20.2. The summed E-state index contributed by atoms with van der Waals surface area (Å²) in [7, 11) is 0. The summed E-state index contributed by atoms with van der Waals surface area (Å²) in [5, 5.41) is 0.457. The Morgan fingerprint density at radius 2 is 1.71 bits per heavy atom. The molecule has 0 fully saturated rings. The third-order valence-corrected chi connectivity index (χ3v) is 7.91. The summed E-state index contributed by atoms with van der Waals surface area (Å²) in [5.41, 5.74) is 4.06. The largest absolute Gasteiger partial charge is 0.490 e. The summed E-state index contributed by atoms with van der Waals surface area (Å²) < 4.78 is 29.3. The summed E-state index contributed by atoms with van der Waals surface area (Å²) in [6.07, 6.45) is 0.911. The zero-order valence-electron chi connectivity index (χ0n) is 24.6. The third kappa shape index (κ3) is 4.95. The van der Waals surface area contributed by atoms with Gasteiger partial charge in [-0.25, -0.2) is 0 Å². The molecule has 3 aromatic carbocycles. The van der Waals surface area contributed by atoms with E-state index in [-0.39, 0.29) is 30.4 Å². The fourth-order valence-corrected chi connectivity index (χ4v) is 5.51. The van der Waals surface area contributed by atoms with Crippen molar-refractivity contribution in [2.75, 3.05) is 20.0 Å². The number of fused-ring (bicyclic) bond motifs is 3. The summed E-state index contributed by atoms with van der Waals surface area (Å²) in [6, 6.07) is 14.2. The molecular weight excluding hydrogens is 534 g/mol. The monoisotopic (exact) mass is 569 g/mol. The van der Waals surface area contributed by atoms with Gasteiger partial charge in [-0.2, -0.15) is 0 Å². The van der Waals surface area contributed by atoms with Gasteiger partial charge in [0.1, 0.15) is 5.58 Å². The number of rotatable bonds is 9. The molecule has 218 valence electrons. The van der Waals surface area contributed by atoms with E-state index in [2.05, 4.69) is 13.8 Å². The fourth-order valence-electron chi connectivity index (χ4n) is 5.51. The lowest BCUT2D eigenvalue weighted by molar-refractivity contribution is 0.0714. The van der Waals surface area contributed by atoms with E-state index < -0.39 is 6.04 Å². The highest BCUT2D eigenvalue weighted by Crippen LogP contribution is 2.43. The second-order valence-electron chi connectivity index (χ2n) is 11.3. The summed E-state index contributed by atoms with van der Waals surface area (Å²) >= 11 is 0. The van der Waals surface area contributed by atoms with Crippen molar-refractivity contribution in [1.82, 2.24) is 4.90 Å². The zero-order valence-corrected chi connectivity index (χ0v) is 24.6. The van der Waals surface area contributed by atoms with Gasteiger partial charge in [0.15, 0.2) is 28.4 Å². The molecule has 0 radical (unpaired) electrons. The van der Waals surface area contributed by atoms with Crippen molar-refractivity contribution < 1.29 is 28.2 Å². The number of aryl methyl sites for hydroxylation is 2. The van der Waals surface area contributed by atoms with Crippen LogP contribution in [0.25, 0.3) is 11.0 Å². The van der Waals surface area contributed by atoms with E-state index >= 15 is 0 Å². The minimum absolute atomic E-state index is 0.0664. The van der Waals surface area contributed by atoms with E-state index in [0.29, 0.717) is 58.7 Å². The van der Waals surface area contributed by atoms with Gasteiger partial charge in [-0.3, -0.25) is 9.59 Å². The molecular formula is C34H35NO7. The van der Waals surface area contributed by atoms with E-state index in [0.717, 1.165) is 28.7 Å². The number of hydrogen-bond donors (Lipinski definition) is 0. The molecule has 2 aliphatic rings. The standard InChI is InChI=1S/C34H35NO7/c1-6-38-29-16-23(8-10-25(29)39-12-11-19(2)3)31-30-32(36)24-13-20(4)21(5)14-27(24)42-33(30)34(37)35(31)17-22-7-9-26-28(15-22)41-18-40-26/h7-10,13-16,19,31H,6,11-12,17-18H2,1-5H3. The smallest absolute Gasteiger partial charge is 0.291 e. The quantitative estimate of drug-likeness (QED) is 0.221. The maximum absolute atomic E-state index is 14.1. The Morgan fingerprint density at radius 1 is 0.929 bits per heavy atom. The molecule has 4 aromatic rings. The van der Waals surface area contributed by atoms with E-state index in [1.165, 1.54) is 0 Å². The van der Waals surface area contributed by atoms with Gasteiger partial charge < -0.3 is 28.3 Å². The molecule has 8 heteroatoms. The first kappa shape index (κ1) is 27.7. The van der Waals surface area contributed by atoms with Crippen molar-refractivity contribution in [3.05, 3.63) is 92.3 Å². The molecule has 0 N–H and O–H groups in total. The second-order valence-corrected chi connectivity index (χ2v) is 11.3. The molecule has 0 aliphatic carbocycles. The van der Waals surface area contributed by atoms with Crippen molar-refractivity contribution in [2.24, 2.45) is 5.92 Å². The molecule has 1 atom stereocenters. The van der Waals surface area contributed by atoms with Crippen LogP contribution in [0.4, 0.5) is 0 Å². The number of amides is 1. The van der Waals surface area contributed by atoms with Gasteiger partial charge in [0.2, 0.25) is 12.6 Å². The van der Waals surface area contributed by atoms with Crippen LogP contribution in [0.1, 0.15) is 71.6 Å². The molecule has 6 rings (SSSR count). The number of hydrogen-bond acceptors (Lipinski definition) is 7. The van der Waals surface area contributed by atoms with Crippen LogP contribution in [-0.2, 0) is 6.54 Å². The molecule has 0 bridgehead atoms. The lowest BCUT2D eigenvalue weighted by Crippen LogP contribution is -2.29. The van der Waals surface area contributed by atoms with E-state index in [1.807, 2.05) is 69.3 Å². The van der Waals surface area contributed by atoms with Crippen molar-refractivity contribution >= 4 is 16.9 Å². The van der Waals surface area contributed by atoms with Gasteiger partial charge in [0.25, 0.3) is 5.91 Å². The average molecular weight is 570 g/mol. The second kappa shape index (κ2) is 11.1. The number of ether oxygens (including phenoxy) is 4. The number of carbonyl (C=O) groups excluding carboxylic acids is 1. The van der Waals surface area contributed by atoms with Crippen molar-refractivity contribution in [1.29, 1.82) is 0 Å². The molecule has 0 saturated carbocycles. The molecule has 3 heterocycles. The predicted molar refractivity (Wildman–Crippen MR) is 159 cm³/mol. The molecule has 1 unspecified atom stereocenters. The van der Waals surface area contributed by atoms with Crippen LogP contribution in [0, 0.1) is 19.8 Å². The van der Waals surface area contributed by atoms with Crippen LogP contribution in [0.2, 0.25) is 0 Å². The van der Waals surface area contributed by atoms with Gasteiger partial charge >= 0.3 is 0 Å². The fraction of sp³-hybridized carbons (Fsp3) is 0.353. The molecule has 0 saturated heterocycles. The number of benzene rings is 3. The van der Waals surface area contributed by atoms with E-state index in [4.69, 9.17) is 23.4 Å². The highest BCUT2D eigenvalue weighted by molar-refractivity contribution is 5.99. The van der Waals surface area contributed by atoms with E-state index in [9.17, 15) is 9.59 Å². The molecule has 2 aliphatic heterocycles. The predicted octanol–water partition coefficient (Wildman–Crippen LogP) is 6.71. The highest BCUT2D eigenvalue weighted by atomic mass is 16.7. The van der Waals surface area contributed by atoms with Crippen LogP contribution in [-0.4, -0.2) is 30.8 Å². The lowest BCUT2D eigenvalue weighted by atomic mass is 9.97. The first-order valence-electron chi connectivity index (χ1n) is 14.4. The van der Waals surface area contributed by atoms with Gasteiger partial charge in [-0.1, -0.05) is 26.0 Å². The van der Waals surface area contributed by atoms with Gasteiger partial charge in [-0.15, -0.1) is 0 Å².